The highest BCUT2D eigenvalue weighted by molar-refractivity contribution is 9.10. The second-order valence-electron chi connectivity index (χ2n) is 8.07. The predicted molar refractivity (Wildman–Crippen MR) is 118 cm³/mol. The second kappa shape index (κ2) is 8.43. The van der Waals surface area contributed by atoms with Gasteiger partial charge in [-0.05, 0) is 43.0 Å². The number of halogens is 1. The van der Waals surface area contributed by atoms with Crippen LogP contribution in [-0.2, 0) is 25.4 Å². The molecule has 2 saturated heterocycles. The molecule has 1 unspecified atom stereocenters. The summed E-state index contributed by atoms with van der Waals surface area (Å²) in [5.41, 5.74) is -0.170. The molecule has 0 aromatic heterocycles. The van der Waals surface area contributed by atoms with Crippen molar-refractivity contribution in [3.63, 3.8) is 0 Å². The third-order valence-electron chi connectivity index (χ3n) is 6.03. The zero-order chi connectivity index (χ0) is 22.1. The highest BCUT2D eigenvalue weighted by Crippen LogP contribution is 2.34. The summed E-state index contributed by atoms with van der Waals surface area (Å²) in [6, 6.07) is 16.2. The fraction of sp³-hybridized carbons (Fsp3) is 0.348. The molecule has 2 aromatic carbocycles. The molecule has 8 heteroatoms. The van der Waals surface area contributed by atoms with Crippen LogP contribution in [0, 0.1) is 0 Å². The molecule has 0 aliphatic carbocycles. The Morgan fingerprint density at radius 1 is 1.10 bits per heavy atom. The Labute approximate surface area is 189 Å². The van der Waals surface area contributed by atoms with Gasteiger partial charge in [0.15, 0.2) is 0 Å². The van der Waals surface area contributed by atoms with Crippen LogP contribution in [0.15, 0.2) is 59.1 Å². The van der Waals surface area contributed by atoms with Gasteiger partial charge in [0.25, 0.3) is 5.91 Å². The molecule has 0 bridgehead atoms. The summed E-state index contributed by atoms with van der Waals surface area (Å²) in [4.78, 5) is 39.7. The molecule has 4 amide bonds. The van der Waals surface area contributed by atoms with Crippen LogP contribution in [0.25, 0.3) is 0 Å². The largest absolute Gasteiger partial charge is 0.381 e. The molecule has 2 aromatic rings. The molecule has 2 aliphatic heterocycles. The van der Waals surface area contributed by atoms with E-state index >= 15 is 0 Å². The molecule has 0 saturated carbocycles. The Morgan fingerprint density at radius 2 is 1.77 bits per heavy atom. The number of hydrogen-bond acceptors (Lipinski definition) is 4. The Kier molecular flexibility index (Phi) is 5.85. The average molecular weight is 486 g/mol. The van der Waals surface area contributed by atoms with E-state index in [2.05, 4.69) is 26.6 Å². The van der Waals surface area contributed by atoms with E-state index in [0.29, 0.717) is 31.6 Å². The first-order chi connectivity index (χ1) is 14.8. The van der Waals surface area contributed by atoms with Crippen molar-refractivity contribution in [1.82, 2.24) is 15.5 Å². The molecule has 1 atom stereocenters. The highest BCUT2D eigenvalue weighted by Gasteiger charge is 2.49. The van der Waals surface area contributed by atoms with Crippen molar-refractivity contribution < 1.29 is 19.1 Å². The number of hydrogen-bond donors (Lipinski definition) is 2. The summed E-state index contributed by atoms with van der Waals surface area (Å²) in [5, 5.41) is 5.83. The molecule has 31 heavy (non-hydrogen) atoms. The highest BCUT2D eigenvalue weighted by atomic mass is 79.9. The minimum absolute atomic E-state index is 0.344. The summed E-state index contributed by atoms with van der Waals surface area (Å²) in [6.45, 7) is 2.34. The Morgan fingerprint density at radius 3 is 2.45 bits per heavy atom. The number of rotatable bonds is 5. The summed E-state index contributed by atoms with van der Waals surface area (Å²) in [5.74, 6) is -0.829. The van der Waals surface area contributed by atoms with Crippen molar-refractivity contribution in [1.29, 1.82) is 0 Å². The van der Waals surface area contributed by atoms with Gasteiger partial charge in [0, 0.05) is 17.7 Å². The Bertz CT molecular complexity index is 1010. The molecular formula is C23H24BrN3O4. The van der Waals surface area contributed by atoms with Crippen LogP contribution in [0.3, 0.4) is 0 Å². The number of benzene rings is 2. The second-order valence-corrected chi connectivity index (χ2v) is 8.98. The van der Waals surface area contributed by atoms with Crippen LogP contribution in [-0.4, -0.2) is 42.5 Å². The summed E-state index contributed by atoms with van der Waals surface area (Å²) < 4.78 is 6.42. The van der Waals surface area contributed by atoms with E-state index in [0.717, 1.165) is 14.9 Å². The molecule has 0 spiro atoms. The van der Waals surface area contributed by atoms with E-state index < -0.39 is 23.0 Å². The topological polar surface area (TPSA) is 87.7 Å². The minimum Gasteiger partial charge on any atom is -0.381 e. The minimum atomic E-state index is -1.20. The maximum Gasteiger partial charge on any atom is 0.325 e. The quantitative estimate of drug-likeness (QED) is 0.637. The molecule has 7 nitrogen and oxygen atoms in total. The zero-order valence-corrected chi connectivity index (χ0v) is 18.8. The number of nitrogens with one attached hydrogen (secondary N) is 2. The molecule has 2 aliphatic rings. The van der Waals surface area contributed by atoms with Gasteiger partial charge in [0.2, 0.25) is 5.91 Å². The van der Waals surface area contributed by atoms with E-state index in [4.69, 9.17) is 4.74 Å². The van der Waals surface area contributed by atoms with Crippen molar-refractivity contribution in [3.05, 3.63) is 70.2 Å². The average Bonchev–Trinajstić information content (AvgIpc) is 2.99. The Hall–Kier alpha value is -2.71. The fourth-order valence-corrected chi connectivity index (χ4v) is 4.65. The lowest BCUT2D eigenvalue weighted by molar-refractivity contribution is -0.135. The smallest absolute Gasteiger partial charge is 0.325 e. The fourth-order valence-electron chi connectivity index (χ4n) is 4.25. The normalized spacial score (nSPS) is 22.8. The van der Waals surface area contributed by atoms with Gasteiger partial charge in [-0.3, -0.25) is 14.5 Å². The van der Waals surface area contributed by atoms with E-state index in [1.54, 1.807) is 19.1 Å². The lowest BCUT2D eigenvalue weighted by atomic mass is 9.82. The van der Waals surface area contributed by atoms with E-state index in [-0.39, 0.29) is 12.5 Å². The summed E-state index contributed by atoms with van der Waals surface area (Å²) in [6.07, 6.45) is 1.22. The van der Waals surface area contributed by atoms with Crippen molar-refractivity contribution in [3.8, 4) is 0 Å². The standard InChI is InChI=1S/C23H24BrN3O4/c1-22(16-6-3-2-4-7-16)20(29)27(21(30)26-22)15-19(28)25-23(10-12-31-13-11-23)17-8-5-9-18(24)14-17/h2-9,14H,10-13,15H2,1H3,(H,25,28)(H,26,30). The van der Waals surface area contributed by atoms with E-state index in [1.165, 1.54) is 0 Å². The number of carbonyl (C=O) groups excluding carboxylic acids is 3. The zero-order valence-electron chi connectivity index (χ0n) is 17.2. The first-order valence-corrected chi connectivity index (χ1v) is 11.0. The first-order valence-electron chi connectivity index (χ1n) is 10.2. The number of imide groups is 1. The predicted octanol–water partition coefficient (Wildman–Crippen LogP) is 3.04. The maximum atomic E-state index is 13.1. The van der Waals surface area contributed by atoms with Gasteiger partial charge in [-0.1, -0.05) is 58.4 Å². The molecule has 162 valence electrons. The number of amides is 4. The van der Waals surface area contributed by atoms with Crippen molar-refractivity contribution in [2.24, 2.45) is 0 Å². The number of nitrogens with zero attached hydrogens (tertiary/aromatic N) is 1. The van der Waals surface area contributed by atoms with Gasteiger partial charge in [-0.2, -0.15) is 0 Å². The molecule has 2 heterocycles. The van der Waals surface area contributed by atoms with Gasteiger partial charge in [-0.15, -0.1) is 0 Å². The van der Waals surface area contributed by atoms with Crippen LogP contribution in [0.1, 0.15) is 30.9 Å². The van der Waals surface area contributed by atoms with E-state index in [1.807, 2.05) is 42.5 Å². The first kappa shape index (κ1) is 21.5. The third kappa shape index (κ3) is 4.09. The number of urea groups is 1. The number of carbonyl (C=O) groups is 3. The van der Waals surface area contributed by atoms with Gasteiger partial charge in [0.05, 0.1) is 5.54 Å². The molecular weight excluding hydrogens is 462 g/mol. The van der Waals surface area contributed by atoms with Crippen LogP contribution >= 0.6 is 15.9 Å². The Balaban J connectivity index is 1.53. The summed E-state index contributed by atoms with van der Waals surface area (Å²) >= 11 is 3.49. The van der Waals surface area contributed by atoms with Crippen molar-refractivity contribution >= 4 is 33.8 Å². The third-order valence-corrected chi connectivity index (χ3v) is 6.52. The van der Waals surface area contributed by atoms with Crippen LogP contribution in [0.2, 0.25) is 0 Å². The van der Waals surface area contributed by atoms with Gasteiger partial charge >= 0.3 is 6.03 Å². The number of ether oxygens (including phenoxy) is 1. The van der Waals surface area contributed by atoms with E-state index in [9.17, 15) is 14.4 Å². The van der Waals surface area contributed by atoms with Crippen LogP contribution in [0.4, 0.5) is 4.79 Å². The van der Waals surface area contributed by atoms with Crippen LogP contribution < -0.4 is 10.6 Å². The molecule has 0 radical (unpaired) electrons. The SMILES string of the molecule is CC1(c2ccccc2)NC(=O)N(CC(=O)NC2(c3cccc(Br)c3)CCOCC2)C1=O. The maximum absolute atomic E-state index is 13.1. The molecule has 4 rings (SSSR count). The lowest BCUT2D eigenvalue weighted by Gasteiger charge is -2.39. The van der Waals surface area contributed by atoms with Gasteiger partial charge in [-0.25, -0.2) is 4.79 Å². The molecule has 2 N–H and O–H groups in total. The summed E-state index contributed by atoms with van der Waals surface area (Å²) in [7, 11) is 0. The van der Waals surface area contributed by atoms with Crippen LogP contribution in [0.5, 0.6) is 0 Å². The van der Waals surface area contributed by atoms with Gasteiger partial charge < -0.3 is 15.4 Å². The van der Waals surface area contributed by atoms with Crippen molar-refractivity contribution in [2.45, 2.75) is 30.8 Å². The van der Waals surface area contributed by atoms with Crippen molar-refractivity contribution in [2.75, 3.05) is 19.8 Å². The molecule has 2 fully saturated rings. The van der Waals surface area contributed by atoms with Gasteiger partial charge in [0.1, 0.15) is 12.1 Å². The monoisotopic (exact) mass is 485 g/mol. The lowest BCUT2D eigenvalue weighted by Crippen LogP contribution is -2.53.